The van der Waals surface area contributed by atoms with Crippen LogP contribution in [0.25, 0.3) is 5.78 Å². The van der Waals surface area contributed by atoms with Crippen LogP contribution in [0.3, 0.4) is 0 Å². The molecule has 1 N–H and O–H groups in total. The smallest absolute Gasteiger partial charge is 0.216 e. The molecule has 0 bridgehead atoms. The molecule has 3 aromatic rings. The maximum absolute atomic E-state index is 12.3. The Balaban J connectivity index is 1.87. The summed E-state index contributed by atoms with van der Waals surface area (Å²) in [5, 5.41) is 4.32. The third-order valence-corrected chi connectivity index (χ3v) is 4.65. The highest BCUT2D eigenvalue weighted by Crippen LogP contribution is 2.12. The summed E-state index contributed by atoms with van der Waals surface area (Å²) in [4.78, 5) is 8.18. The molecule has 0 amide bonds. The van der Waals surface area contributed by atoms with Crippen LogP contribution in [0.4, 0.5) is 0 Å². The molecule has 2 aromatic heterocycles. The average molecular weight is 352 g/mol. The SMILES string of the molecule is Cc1cc(C)n2nc(S(=O)(=O)NCc3ccc(Cl)cc3)nc2n1. The van der Waals surface area contributed by atoms with Crippen LogP contribution < -0.4 is 4.72 Å². The van der Waals surface area contributed by atoms with E-state index in [1.807, 2.05) is 13.8 Å². The zero-order valence-corrected chi connectivity index (χ0v) is 14.1. The summed E-state index contributed by atoms with van der Waals surface area (Å²) in [5.74, 6) is 0.259. The van der Waals surface area contributed by atoms with Crippen molar-refractivity contribution in [2.45, 2.75) is 25.5 Å². The number of rotatable bonds is 4. The van der Waals surface area contributed by atoms with Crippen molar-refractivity contribution in [3.8, 4) is 0 Å². The molecule has 0 fully saturated rings. The van der Waals surface area contributed by atoms with Crippen LogP contribution in [-0.4, -0.2) is 28.0 Å². The molecule has 0 aliphatic heterocycles. The van der Waals surface area contributed by atoms with E-state index in [1.54, 1.807) is 30.3 Å². The number of benzene rings is 1. The zero-order chi connectivity index (χ0) is 16.6. The molecule has 0 aliphatic rings. The largest absolute Gasteiger partial charge is 0.284 e. The van der Waals surface area contributed by atoms with Gasteiger partial charge in [0.1, 0.15) is 0 Å². The van der Waals surface area contributed by atoms with E-state index in [0.717, 1.165) is 17.0 Å². The van der Waals surface area contributed by atoms with Crippen LogP contribution in [0.5, 0.6) is 0 Å². The number of aromatic nitrogens is 4. The molecule has 120 valence electrons. The Kier molecular flexibility index (Phi) is 4.05. The first-order valence-electron chi connectivity index (χ1n) is 6.80. The van der Waals surface area contributed by atoms with E-state index >= 15 is 0 Å². The number of nitrogens with zero attached hydrogens (tertiary/aromatic N) is 4. The van der Waals surface area contributed by atoms with Gasteiger partial charge in [-0.15, -0.1) is 5.10 Å². The number of halogens is 1. The Morgan fingerprint density at radius 2 is 1.87 bits per heavy atom. The lowest BCUT2D eigenvalue weighted by atomic mass is 10.2. The van der Waals surface area contributed by atoms with E-state index in [-0.39, 0.29) is 17.5 Å². The van der Waals surface area contributed by atoms with Crippen molar-refractivity contribution >= 4 is 27.4 Å². The van der Waals surface area contributed by atoms with Gasteiger partial charge in [0, 0.05) is 23.0 Å². The summed E-state index contributed by atoms with van der Waals surface area (Å²) in [7, 11) is -3.83. The highest BCUT2D eigenvalue weighted by atomic mass is 35.5. The van der Waals surface area contributed by atoms with Crippen LogP contribution in [0.1, 0.15) is 17.0 Å². The minimum atomic E-state index is -3.83. The van der Waals surface area contributed by atoms with Gasteiger partial charge in [0.2, 0.25) is 0 Å². The van der Waals surface area contributed by atoms with Gasteiger partial charge in [0.05, 0.1) is 0 Å². The van der Waals surface area contributed by atoms with Gasteiger partial charge in [-0.3, -0.25) is 0 Å². The standard InChI is InChI=1S/C14H14ClN5O2S/c1-9-7-10(2)20-13(17-9)18-14(19-20)23(21,22)16-8-11-3-5-12(15)6-4-11/h3-7,16H,8H2,1-2H3. The second kappa shape index (κ2) is 5.88. The number of sulfonamides is 1. The second-order valence-corrected chi connectivity index (χ2v) is 7.19. The fourth-order valence-corrected chi connectivity index (χ4v) is 3.11. The number of aryl methyl sites for hydroxylation is 2. The fourth-order valence-electron chi connectivity index (χ4n) is 2.11. The first kappa shape index (κ1) is 15.9. The van der Waals surface area contributed by atoms with Crippen molar-refractivity contribution in [2.24, 2.45) is 0 Å². The third-order valence-electron chi connectivity index (χ3n) is 3.22. The molecule has 2 heterocycles. The van der Waals surface area contributed by atoms with E-state index in [1.165, 1.54) is 4.52 Å². The summed E-state index contributed by atoms with van der Waals surface area (Å²) in [5.41, 5.74) is 2.30. The van der Waals surface area contributed by atoms with Crippen molar-refractivity contribution in [2.75, 3.05) is 0 Å². The van der Waals surface area contributed by atoms with Gasteiger partial charge >= 0.3 is 0 Å². The summed E-state index contributed by atoms with van der Waals surface area (Å²) in [6, 6.07) is 8.70. The minimum Gasteiger partial charge on any atom is -0.216 e. The topological polar surface area (TPSA) is 89.3 Å². The van der Waals surface area contributed by atoms with Crippen LogP contribution in [-0.2, 0) is 16.6 Å². The summed E-state index contributed by atoms with van der Waals surface area (Å²) in [6.07, 6.45) is 0. The predicted octanol–water partition coefficient (Wildman–Crippen LogP) is 1.87. The maximum atomic E-state index is 12.3. The van der Waals surface area contributed by atoms with Crippen molar-refractivity contribution in [1.29, 1.82) is 0 Å². The molecule has 0 saturated heterocycles. The molecule has 9 heteroatoms. The fraction of sp³-hybridized carbons (Fsp3) is 0.214. The molecule has 1 aromatic carbocycles. The van der Waals surface area contributed by atoms with Gasteiger partial charge in [-0.25, -0.2) is 22.6 Å². The first-order valence-corrected chi connectivity index (χ1v) is 8.66. The number of fused-ring (bicyclic) bond motifs is 1. The lowest BCUT2D eigenvalue weighted by Gasteiger charge is -2.03. The summed E-state index contributed by atoms with van der Waals surface area (Å²) in [6.45, 7) is 3.75. The zero-order valence-electron chi connectivity index (χ0n) is 12.5. The lowest BCUT2D eigenvalue weighted by Crippen LogP contribution is -2.24. The van der Waals surface area contributed by atoms with E-state index in [0.29, 0.717) is 5.02 Å². The molecule has 0 unspecified atom stereocenters. The highest BCUT2D eigenvalue weighted by Gasteiger charge is 2.21. The van der Waals surface area contributed by atoms with Crippen molar-refractivity contribution in [3.05, 3.63) is 52.3 Å². The van der Waals surface area contributed by atoms with E-state index < -0.39 is 10.0 Å². The Labute approximate surface area is 138 Å². The van der Waals surface area contributed by atoms with Gasteiger partial charge in [0.15, 0.2) is 0 Å². The monoisotopic (exact) mass is 351 g/mol. The molecule has 7 nitrogen and oxygen atoms in total. The first-order chi connectivity index (χ1) is 10.8. The summed E-state index contributed by atoms with van der Waals surface area (Å²) < 4.78 is 28.5. The number of hydrogen-bond donors (Lipinski definition) is 1. The predicted molar refractivity (Wildman–Crippen MR) is 85.7 cm³/mol. The molecule has 3 rings (SSSR count). The van der Waals surface area contributed by atoms with Gasteiger partial charge in [-0.1, -0.05) is 23.7 Å². The molecule has 0 spiro atoms. The van der Waals surface area contributed by atoms with Crippen LogP contribution in [0, 0.1) is 13.8 Å². The molecular formula is C14H14ClN5O2S. The van der Waals surface area contributed by atoms with Gasteiger partial charge in [0.25, 0.3) is 21.0 Å². The van der Waals surface area contributed by atoms with E-state index in [2.05, 4.69) is 19.8 Å². The van der Waals surface area contributed by atoms with Crippen LogP contribution >= 0.6 is 11.6 Å². The highest BCUT2D eigenvalue weighted by molar-refractivity contribution is 7.89. The molecule has 0 saturated carbocycles. The lowest BCUT2D eigenvalue weighted by molar-refractivity contribution is 0.571. The molecule has 0 atom stereocenters. The minimum absolute atomic E-state index is 0.125. The van der Waals surface area contributed by atoms with Gasteiger partial charge in [-0.2, -0.15) is 4.98 Å². The Hall–Kier alpha value is -2.03. The molecular weight excluding hydrogens is 338 g/mol. The third kappa shape index (κ3) is 3.34. The molecule has 23 heavy (non-hydrogen) atoms. The van der Waals surface area contributed by atoms with Crippen molar-refractivity contribution < 1.29 is 8.42 Å². The van der Waals surface area contributed by atoms with Crippen LogP contribution in [0.2, 0.25) is 5.02 Å². The number of nitrogens with one attached hydrogen (secondary N) is 1. The van der Waals surface area contributed by atoms with E-state index in [4.69, 9.17) is 11.6 Å². The molecule has 0 aliphatic carbocycles. The second-order valence-electron chi connectivity index (χ2n) is 5.10. The van der Waals surface area contributed by atoms with Crippen LogP contribution in [0.15, 0.2) is 35.5 Å². The molecule has 0 radical (unpaired) electrons. The normalized spacial score (nSPS) is 12.0. The van der Waals surface area contributed by atoms with Gasteiger partial charge in [-0.05, 0) is 37.6 Å². The maximum Gasteiger partial charge on any atom is 0.284 e. The van der Waals surface area contributed by atoms with E-state index in [9.17, 15) is 8.42 Å². The Morgan fingerprint density at radius 1 is 1.17 bits per heavy atom. The summed E-state index contributed by atoms with van der Waals surface area (Å²) >= 11 is 5.80. The van der Waals surface area contributed by atoms with Gasteiger partial charge < -0.3 is 0 Å². The Bertz CT molecular complexity index is 967. The quantitative estimate of drug-likeness (QED) is 0.775. The number of hydrogen-bond acceptors (Lipinski definition) is 5. The Morgan fingerprint density at radius 3 is 2.57 bits per heavy atom. The van der Waals surface area contributed by atoms with Crippen molar-refractivity contribution in [1.82, 2.24) is 24.3 Å². The average Bonchev–Trinajstić information content (AvgIpc) is 2.92. The van der Waals surface area contributed by atoms with Crippen molar-refractivity contribution in [3.63, 3.8) is 0 Å².